The minimum Gasteiger partial charge on any atom is -0.321 e. The lowest BCUT2D eigenvalue weighted by atomic mass is 10.1. The second-order valence-electron chi connectivity index (χ2n) is 7.72. The molecule has 0 saturated carbocycles. The Bertz CT molecular complexity index is 943. The number of rotatable bonds is 5. The first-order valence-corrected chi connectivity index (χ1v) is 10.8. The van der Waals surface area contributed by atoms with Crippen molar-refractivity contribution in [3.8, 4) is 0 Å². The molecule has 2 aromatic carbocycles. The average Bonchev–Trinajstić information content (AvgIpc) is 3.09. The molecule has 1 aromatic heterocycles. The highest BCUT2D eigenvalue weighted by Gasteiger charge is 2.25. The Morgan fingerprint density at radius 3 is 2.57 bits per heavy atom. The van der Waals surface area contributed by atoms with Crippen LogP contribution in [0.1, 0.15) is 16.1 Å². The Hall–Kier alpha value is -2.28. The molecule has 3 N–H and O–H groups in total. The number of aromatic nitrogens is 1. The van der Waals surface area contributed by atoms with E-state index in [-0.39, 0.29) is 5.91 Å². The van der Waals surface area contributed by atoms with Gasteiger partial charge in [0, 0.05) is 5.69 Å². The van der Waals surface area contributed by atoms with Crippen LogP contribution in [0, 0.1) is 13.8 Å². The van der Waals surface area contributed by atoms with E-state index >= 15 is 0 Å². The van der Waals surface area contributed by atoms with E-state index in [9.17, 15) is 4.79 Å². The van der Waals surface area contributed by atoms with Crippen molar-refractivity contribution >= 4 is 33.1 Å². The molecular weight excluding hydrogens is 368 g/mol. The van der Waals surface area contributed by atoms with Crippen molar-refractivity contribution in [3.63, 3.8) is 0 Å². The average molecular weight is 397 g/mol. The molecule has 4 rings (SSSR count). The van der Waals surface area contributed by atoms with Gasteiger partial charge in [0.15, 0.2) is 6.54 Å². The Kier molecular flexibility index (Phi) is 5.71. The summed E-state index contributed by atoms with van der Waals surface area (Å²) in [6.07, 6.45) is 0. The van der Waals surface area contributed by atoms with Crippen molar-refractivity contribution in [1.82, 2.24) is 4.98 Å². The predicted octanol–water partition coefficient (Wildman–Crippen LogP) is 0.835. The third-order valence-electron chi connectivity index (χ3n) is 5.69. The van der Waals surface area contributed by atoms with Crippen molar-refractivity contribution in [3.05, 3.63) is 58.6 Å². The molecule has 0 spiro atoms. The molecule has 146 valence electrons. The van der Waals surface area contributed by atoms with Gasteiger partial charge in [0.1, 0.15) is 37.7 Å². The number of anilines is 1. The van der Waals surface area contributed by atoms with Crippen LogP contribution in [-0.4, -0.2) is 43.6 Å². The number of aryl methyl sites for hydroxylation is 1. The van der Waals surface area contributed by atoms with E-state index in [1.54, 1.807) is 16.2 Å². The fourth-order valence-corrected chi connectivity index (χ4v) is 4.87. The monoisotopic (exact) mass is 396 g/mol. The minimum atomic E-state index is 0.110. The number of para-hydroxylation sites is 1. The van der Waals surface area contributed by atoms with E-state index in [0.29, 0.717) is 6.54 Å². The standard InChI is InChI=1S/C22H26N4OS/c1-16-6-5-8-18(17(16)2)23-21(27)14-25-10-12-26(13-11-25)15-22-24-19-7-3-4-9-20(19)28-22/h3-9H,10-15H2,1-2H3,(H,23,27)/p+2. The molecule has 1 fully saturated rings. The second kappa shape index (κ2) is 8.39. The van der Waals surface area contributed by atoms with Crippen molar-refractivity contribution in [1.29, 1.82) is 0 Å². The van der Waals surface area contributed by atoms with Gasteiger partial charge in [-0.15, -0.1) is 11.3 Å². The van der Waals surface area contributed by atoms with Crippen molar-refractivity contribution in [2.75, 3.05) is 38.0 Å². The fraction of sp³-hybridized carbons (Fsp3) is 0.364. The molecule has 5 nitrogen and oxygen atoms in total. The van der Waals surface area contributed by atoms with E-state index < -0.39 is 0 Å². The highest BCUT2D eigenvalue weighted by molar-refractivity contribution is 7.18. The van der Waals surface area contributed by atoms with Gasteiger partial charge >= 0.3 is 0 Å². The number of thiazole rings is 1. The topological polar surface area (TPSA) is 50.9 Å². The van der Waals surface area contributed by atoms with Crippen LogP contribution >= 0.6 is 11.3 Å². The largest absolute Gasteiger partial charge is 0.321 e. The lowest BCUT2D eigenvalue weighted by Crippen LogP contribution is -3.28. The van der Waals surface area contributed by atoms with Crippen LogP contribution in [0.5, 0.6) is 0 Å². The Balaban J connectivity index is 1.27. The van der Waals surface area contributed by atoms with Gasteiger partial charge in [0.25, 0.3) is 5.91 Å². The number of benzene rings is 2. The van der Waals surface area contributed by atoms with Gasteiger partial charge in [0.05, 0.1) is 10.2 Å². The Labute approximate surface area is 170 Å². The predicted molar refractivity (Wildman–Crippen MR) is 114 cm³/mol. The van der Waals surface area contributed by atoms with Crippen LogP contribution in [0.2, 0.25) is 0 Å². The van der Waals surface area contributed by atoms with E-state index in [1.807, 2.05) is 18.2 Å². The Morgan fingerprint density at radius 2 is 1.79 bits per heavy atom. The number of amides is 1. The van der Waals surface area contributed by atoms with Crippen LogP contribution in [0.3, 0.4) is 0 Å². The van der Waals surface area contributed by atoms with Gasteiger partial charge in [-0.25, -0.2) is 4.98 Å². The van der Waals surface area contributed by atoms with Gasteiger partial charge in [-0.05, 0) is 43.2 Å². The molecule has 0 radical (unpaired) electrons. The zero-order valence-electron chi connectivity index (χ0n) is 16.5. The SMILES string of the molecule is Cc1cccc(NC(=O)C[NH+]2CC[NH+](Cc3nc4ccccc4s3)CC2)c1C. The van der Waals surface area contributed by atoms with Gasteiger partial charge in [0.2, 0.25) is 0 Å². The molecule has 2 heterocycles. The normalized spacial score (nSPS) is 19.6. The lowest BCUT2D eigenvalue weighted by Gasteiger charge is -2.28. The number of hydrogen-bond acceptors (Lipinski definition) is 3. The minimum absolute atomic E-state index is 0.110. The van der Waals surface area contributed by atoms with Crippen LogP contribution < -0.4 is 15.1 Å². The summed E-state index contributed by atoms with van der Waals surface area (Å²) in [7, 11) is 0. The van der Waals surface area contributed by atoms with Crippen LogP contribution in [0.15, 0.2) is 42.5 Å². The highest BCUT2D eigenvalue weighted by Crippen LogP contribution is 2.20. The molecule has 1 saturated heterocycles. The van der Waals surface area contributed by atoms with Crippen LogP contribution in [0.25, 0.3) is 10.2 Å². The molecule has 1 aliphatic heterocycles. The van der Waals surface area contributed by atoms with Gasteiger partial charge in [-0.2, -0.15) is 0 Å². The number of piperazine rings is 1. The summed E-state index contributed by atoms with van der Waals surface area (Å²) in [5, 5.41) is 4.30. The maximum absolute atomic E-state index is 12.5. The van der Waals surface area contributed by atoms with Gasteiger partial charge < -0.3 is 15.1 Å². The van der Waals surface area contributed by atoms with Crippen LogP contribution in [-0.2, 0) is 11.3 Å². The first-order valence-electron chi connectivity index (χ1n) is 9.96. The molecule has 0 aliphatic carbocycles. The quantitative estimate of drug-likeness (QED) is 0.599. The number of nitrogens with zero attached hydrogens (tertiary/aromatic N) is 1. The summed E-state index contributed by atoms with van der Waals surface area (Å²) in [5.74, 6) is 0.110. The zero-order valence-corrected chi connectivity index (χ0v) is 17.4. The van der Waals surface area contributed by atoms with Crippen molar-refractivity contribution in [2.24, 2.45) is 0 Å². The summed E-state index contributed by atoms with van der Waals surface area (Å²) >= 11 is 1.80. The van der Waals surface area contributed by atoms with E-state index in [1.165, 1.54) is 20.2 Å². The first kappa shape index (κ1) is 19.1. The molecular formula is C22H28N4OS+2. The molecule has 6 heteroatoms. The van der Waals surface area contributed by atoms with Crippen molar-refractivity contribution in [2.45, 2.75) is 20.4 Å². The van der Waals surface area contributed by atoms with Gasteiger partial charge in [-0.1, -0.05) is 24.3 Å². The molecule has 0 atom stereocenters. The van der Waals surface area contributed by atoms with Gasteiger partial charge in [-0.3, -0.25) is 4.79 Å². The third kappa shape index (κ3) is 4.41. The highest BCUT2D eigenvalue weighted by atomic mass is 32.1. The second-order valence-corrected chi connectivity index (χ2v) is 8.84. The van der Waals surface area contributed by atoms with Crippen molar-refractivity contribution < 1.29 is 14.6 Å². The fourth-order valence-electron chi connectivity index (χ4n) is 3.83. The number of hydrogen-bond donors (Lipinski definition) is 3. The van der Waals surface area contributed by atoms with Crippen LogP contribution in [0.4, 0.5) is 5.69 Å². The Morgan fingerprint density at radius 1 is 1.04 bits per heavy atom. The molecule has 1 aliphatic rings. The molecule has 0 unspecified atom stereocenters. The third-order valence-corrected chi connectivity index (χ3v) is 6.73. The number of quaternary nitrogens is 2. The summed E-state index contributed by atoms with van der Waals surface area (Å²) in [4.78, 5) is 20.2. The van der Waals surface area contributed by atoms with E-state index in [4.69, 9.17) is 4.98 Å². The number of carbonyl (C=O) groups is 1. The lowest BCUT2D eigenvalue weighted by molar-refractivity contribution is -1.01. The summed E-state index contributed by atoms with van der Waals surface area (Å²) in [5.41, 5.74) is 4.40. The maximum atomic E-state index is 12.5. The molecule has 28 heavy (non-hydrogen) atoms. The number of fused-ring (bicyclic) bond motifs is 1. The first-order chi connectivity index (χ1) is 13.6. The summed E-state index contributed by atoms with van der Waals surface area (Å²) < 4.78 is 1.27. The zero-order chi connectivity index (χ0) is 19.5. The summed E-state index contributed by atoms with van der Waals surface area (Å²) in [6, 6.07) is 14.4. The summed E-state index contributed by atoms with van der Waals surface area (Å²) in [6.45, 7) is 9.89. The maximum Gasteiger partial charge on any atom is 0.279 e. The molecule has 3 aromatic rings. The number of nitrogens with one attached hydrogen (secondary N) is 3. The smallest absolute Gasteiger partial charge is 0.279 e. The molecule has 1 amide bonds. The van der Waals surface area contributed by atoms with E-state index in [2.05, 4.69) is 43.4 Å². The number of carbonyl (C=O) groups excluding carboxylic acids is 1. The molecule has 0 bridgehead atoms. The van der Waals surface area contributed by atoms with E-state index in [0.717, 1.165) is 49.5 Å².